The van der Waals surface area contributed by atoms with Crippen molar-refractivity contribution in [3.8, 4) is 23.0 Å². The normalized spacial score (nSPS) is 17.2. The molecule has 39 heavy (non-hydrogen) atoms. The van der Waals surface area contributed by atoms with Crippen LogP contribution in [0, 0.1) is 0 Å². The third kappa shape index (κ3) is 9.96. The van der Waals surface area contributed by atoms with E-state index >= 15 is 0 Å². The van der Waals surface area contributed by atoms with Crippen molar-refractivity contribution in [2.45, 2.75) is 44.3 Å². The third-order valence-corrected chi connectivity index (χ3v) is 6.16. The van der Waals surface area contributed by atoms with E-state index in [0.29, 0.717) is 55.5 Å². The van der Waals surface area contributed by atoms with Crippen molar-refractivity contribution in [3.63, 3.8) is 0 Å². The van der Waals surface area contributed by atoms with E-state index in [1.165, 1.54) is 0 Å². The molecule has 0 aliphatic carbocycles. The molecular formula is C29H36O10. The minimum absolute atomic E-state index is 0.161. The number of aryl methyl sites for hydroxylation is 2. The molecular weight excluding hydrogens is 508 g/mol. The van der Waals surface area contributed by atoms with E-state index in [1.807, 2.05) is 36.4 Å². The predicted molar refractivity (Wildman–Crippen MR) is 140 cm³/mol. The van der Waals surface area contributed by atoms with Crippen LogP contribution in [0.1, 0.15) is 30.4 Å². The molecule has 0 radical (unpaired) electrons. The minimum Gasteiger partial charge on any atom is -0.493 e. The number of carbonyl (C=O) groups excluding carboxylic acids is 2. The van der Waals surface area contributed by atoms with Crippen LogP contribution >= 0.6 is 0 Å². The zero-order valence-electron chi connectivity index (χ0n) is 22.5. The highest BCUT2D eigenvalue weighted by Crippen LogP contribution is 2.30. The molecule has 0 saturated carbocycles. The molecule has 2 aromatic carbocycles. The summed E-state index contributed by atoms with van der Waals surface area (Å²) >= 11 is 0. The van der Waals surface area contributed by atoms with E-state index in [4.69, 9.17) is 37.9 Å². The van der Waals surface area contributed by atoms with Crippen LogP contribution in [0.5, 0.6) is 23.0 Å². The van der Waals surface area contributed by atoms with Gasteiger partial charge in [0, 0.05) is 19.3 Å². The van der Waals surface area contributed by atoms with Crippen molar-refractivity contribution in [1.82, 2.24) is 0 Å². The number of ether oxygens (including phenoxy) is 8. The van der Waals surface area contributed by atoms with Crippen molar-refractivity contribution in [2.24, 2.45) is 0 Å². The summed E-state index contributed by atoms with van der Waals surface area (Å²) in [6.07, 6.45) is 2.27. The Kier molecular flexibility index (Phi) is 10.7. The Bertz CT molecular complexity index is 1010. The maximum Gasteiger partial charge on any atom is 0.306 e. The Morgan fingerprint density at radius 2 is 1.15 bits per heavy atom. The summed E-state index contributed by atoms with van der Waals surface area (Å²) in [5.41, 5.74) is 1.89. The van der Waals surface area contributed by atoms with Crippen molar-refractivity contribution in [1.29, 1.82) is 0 Å². The first-order valence-corrected chi connectivity index (χ1v) is 13.2. The standard InChI is InChI=1S/C29H36O10/c1-32-26-14-20(4-8-24(26)38-18-22-16-36-22)6-10-28(30)34-12-3-13-35-29(31)11-7-21-5-9-25(27(15-21)33-2)39-19-23-17-37-23/h4-5,8-9,14-15,22-23H,3,6-7,10-13,16-19H2,1-2H3. The van der Waals surface area contributed by atoms with E-state index in [0.717, 1.165) is 24.3 Å². The molecule has 2 aliphatic heterocycles. The number of benzene rings is 2. The monoisotopic (exact) mass is 544 g/mol. The lowest BCUT2D eigenvalue weighted by molar-refractivity contribution is -0.146. The molecule has 2 atom stereocenters. The van der Waals surface area contributed by atoms with Crippen molar-refractivity contribution < 1.29 is 47.5 Å². The van der Waals surface area contributed by atoms with Gasteiger partial charge in [-0.15, -0.1) is 0 Å². The lowest BCUT2D eigenvalue weighted by Gasteiger charge is -2.12. The fraction of sp³-hybridized carbons (Fsp3) is 0.517. The van der Waals surface area contributed by atoms with Gasteiger partial charge in [0.25, 0.3) is 0 Å². The molecule has 2 aromatic rings. The second kappa shape index (κ2) is 14.6. The largest absolute Gasteiger partial charge is 0.493 e. The first kappa shape index (κ1) is 28.5. The maximum atomic E-state index is 12.1. The van der Waals surface area contributed by atoms with Crippen LogP contribution in [0.15, 0.2) is 36.4 Å². The first-order chi connectivity index (χ1) is 19.0. The van der Waals surface area contributed by atoms with Gasteiger partial charge >= 0.3 is 11.9 Å². The Labute approximate surface area is 228 Å². The predicted octanol–water partition coefficient (Wildman–Crippen LogP) is 3.30. The van der Waals surface area contributed by atoms with Crippen LogP contribution in [-0.4, -0.2) is 78.0 Å². The quantitative estimate of drug-likeness (QED) is 0.157. The van der Waals surface area contributed by atoms with Crippen molar-refractivity contribution in [2.75, 3.05) is 53.9 Å². The van der Waals surface area contributed by atoms with Gasteiger partial charge < -0.3 is 37.9 Å². The maximum absolute atomic E-state index is 12.1. The number of hydrogen-bond donors (Lipinski definition) is 0. The average Bonchev–Trinajstić information content (AvgIpc) is 3.88. The Morgan fingerprint density at radius 3 is 1.54 bits per heavy atom. The van der Waals surface area contributed by atoms with E-state index in [9.17, 15) is 9.59 Å². The van der Waals surface area contributed by atoms with Gasteiger partial charge in [-0.25, -0.2) is 0 Å². The Hall–Kier alpha value is -3.50. The van der Waals surface area contributed by atoms with Crippen LogP contribution < -0.4 is 18.9 Å². The fourth-order valence-corrected chi connectivity index (χ4v) is 3.74. The van der Waals surface area contributed by atoms with Crippen LogP contribution in [0.25, 0.3) is 0 Å². The fourth-order valence-electron chi connectivity index (χ4n) is 3.74. The SMILES string of the molecule is COc1cc(CCC(=O)OCCCOC(=O)CCc2ccc(OCC3CO3)c(OC)c2)ccc1OCC1CO1. The highest BCUT2D eigenvalue weighted by Gasteiger charge is 2.24. The van der Waals surface area contributed by atoms with Crippen LogP contribution in [0.3, 0.4) is 0 Å². The highest BCUT2D eigenvalue weighted by molar-refractivity contribution is 5.70. The van der Waals surface area contributed by atoms with Gasteiger partial charge in [-0.1, -0.05) is 12.1 Å². The smallest absolute Gasteiger partial charge is 0.306 e. The minimum atomic E-state index is -0.308. The second-order valence-electron chi connectivity index (χ2n) is 9.30. The number of methoxy groups -OCH3 is 2. The number of carbonyl (C=O) groups is 2. The summed E-state index contributed by atoms with van der Waals surface area (Å²) in [7, 11) is 3.16. The van der Waals surface area contributed by atoms with Crippen LogP contribution in [0.4, 0.5) is 0 Å². The molecule has 0 amide bonds. The summed E-state index contributed by atoms with van der Waals surface area (Å²) in [6.45, 7) is 2.82. The lowest BCUT2D eigenvalue weighted by atomic mass is 10.1. The average molecular weight is 545 g/mol. The van der Waals surface area contributed by atoms with E-state index in [2.05, 4.69) is 0 Å². The molecule has 2 heterocycles. The van der Waals surface area contributed by atoms with Gasteiger partial charge in [0.15, 0.2) is 23.0 Å². The Morgan fingerprint density at radius 1 is 0.718 bits per heavy atom. The van der Waals surface area contributed by atoms with Gasteiger partial charge in [0.05, 0.1) is 40.6 Å². The van der Waals surface area contributed by atoms with Crippen molar-refractivity contribution in [3.05, 3.63) is 47.5 Å². The van der Waals surface area contributed by atoms with Gasteiger partial charge in [-0.2, -0.15) is 0 Å². The molecule has 2 fully saturated rings. The zero-order chi connectivity index (χ0) is 27.5. The second-order valence-corrected chi connectivity index (χ2v) is 9.30. The van der Waals surface area contributed by atoms with Crippen LogP contribution in [-0.2, 0) is 41.4 Å². The summed E-state index contributed by atoms with van der Waals surface area (Å²) in [5, 5.41) is 0. The molecule has 10 nitrogen and oxygen atoms in total. The molecule has 2 unspecified atom stereocenters. The summed E-state index contributed by atoms with van der Waals surface area (Å²) in [5.74, 6) is 1.92. The number of hydrogen-bond acceptors (Lipinski definition) is 10. The summed E-state index contributed by atoms with van der Waals surface area (Å²) < 4.78 is 43.0. The molecule has 4 rings (SSSR count). The molecule has 2 aliphatic rings. The molecule has 0 aromatic heterocycles. The van der Waals surface area contributed by atoms with Gasteiger partial charge in [0.2, 0.25) is 0 Å². The molecule has 212 valence electrons. The number of rotatable bonds is 18. The van der Waals surface area contributed by atoms with Gasteiger partial charge in [-0.05, 0) is 48.2 Å². The molecule has 10 heteroatoms. The Balaban J connectivity index is 1.06. The van der Waals surface area contributed by atoms with E-state index in [-0.39, 0.29) is 50.2 Å². The van der Waals surface area contributed by atoms with E-state index in [1.54, 1.807) is 14.2 Å². The molecule has 2 saturated heterocycles. The molecule has 0 N–H and O–H groups in total. The molecule has 0 spiro atoms. The molecule has 0 bridgehead atoms. The van der Waals surface area contributed by atoms with Crippen molar-refractivity contribution >= 4 is 11.9 Å². The number of epoxide rings is 2. The number of esters is 2. The zero-order valence-corrected chi connectivity index (χ0v) is 22.5. The van der Waals surface area contributed by atoms with Gasteiger partial charge in [-0.3, -0.25) is 9.59 Å². The third-order valence-electron chi connectivity index (χ3n) is 6.16. The summed E-state index contributed by atoms with van der Waals surface area (Å²) in [4.78, 5) is 24.2. The summed E-state index contributed by atoms with van der Waals surface area (Å²) in [6, 6.07) is 11.2. The topological polar surface area (TPSA) is 115 Å². The van der Waals surface area contributed by atoms with E-state index < -0.39 is 0 Å². The first-order valence-electron chi connectivity index (χ1n) is 13.2. The van der Waals surface area contributed by atoms with Gasteiger partial charge in [0.1, 0.15) is 25.4 Å². The van der Waals surface area contributed by atoms with Crippen LogP contribution in [0.2, 0.25) is 0 Å². The lowest BCUT2D eigenvalue weighted by Crippen LogP contribution is -2.12. The highest BCUT2D eigenvalue weighted by atomic mass is 16.6.